The molecule has 3 fully saturated rings. The third-order valence-corrected chi connectivity index (χ3v) is 8.61. The quantitative estimate of drug-likeness (QED) is 0.361. The van der Waals surface area contributed by atoms with Gasteiger partial charge in [-0.1, -0.05) is 63.3 Å². The SMILES string of the molecule is C=C1CC(C(/C=C\C)=C/C)CC2C1CCC1(C)CCC(C)C(=C)C21C. The number of hydrogen-bond donors (Lipinski definition) is 0. The van der Waals surface area contributed by atoms with E-state index in [1.54, 1.807) is 0 Å². The fourth-order valence-corrected chi connectivity index (χ4v) is 6.68. The van der Waals surface area contributed by atoms with E-state index in [0.29, 0.717) is 29.1 Å². The summed E-state index contributed by atoms with van der Waals surface area (Å²) in [6.07, 6.45) is 14.7. The topological polar surface area (TPSA) is 0 Å². The Morgan fingerprint density at radius 3 is 2.44 bits per heavy atom. The lowest BCUT2D eigenvalue weighted by Gasteiger charge is -2.64. The Labute approximate surface area is 156 Å². The van der Waals surface area contributed by atoms with Crippen molar-refractivity contribution in [1.82, 2.24) is 0 Å². The molecular weight excluding hydrogens is 300 g/mol. The molecule has 0 radical (unpaired) electrons. The van der Waals surface area contributed by atoms with E-state index in [1.165, 1.54) is 55.2 Å². The lowest BCUT2D eigenvalue weighted by Crippen LogP contribution is -2.56. The van der Waals surface area contributed by atoms with Gasteiger partial charge in [0.15, 0.2) is 0 Å². The molecule has 0 aromatic rings. The molecule has 0 saturated heterocycles. The molecule has 6 atom stereocenters. The second kappa shape index (κ2) is 6.60. The molecule has 0 aliphatic heterocycles. The van der Waals surface area contributed by atoms with Crippen LogP contribution in [0.3, 0.4) is 0 Å². The summed E-state index contributed by atoms with van der Waals surface area (Å²) in [6, 6.07) is 0. The summed E-state index contributed by atoms with van der Waals surface area (Å²) in [4.78, 5) is 0. The highest BCUT2D eigenvalue weighted by Crippen LogP contribution is 2.68. The number of fused-ring (bicyclic) bond motifs is 3. The summed E-state index contributed by atoms with van der Waals surface area (Å²) < 4.78 is 0. The van der Waals surface area contributed by atoms with Gasteiger partial charge in [-0.3, -0.25) is 0 Å². The summed E-state index contributed by atoms with van der Waals surface area (Å²) >= 11 is 0. The zero-order valence-electron chi connectivity index (χ0n) is 17.2. The molecule has 3 aliphatic carbocycles. The monoisotopic (exact) mass is 338 g/mol. The van der Waals surface area contributed by atoms with Crippen molar-refractivity contribution in [3.63, 3.8) is 0 Å². The summed E-state index contributed by atoms with van der Waals surface area (Å²) in [6.45, 7) is 21.1. The van der Waals surface area contributed by atoms with Crippen LogP contribution >= 0.6 is 0 Å². The molecule has 0 bridgehead atoms. The van der Waals surface area contributed by atoms with Crippen LogP contribution in [0.2, 0.25) is 0 Å². The van der Waals surface area contributed by atoms with Crippen molar-refractivity contribution in [1.29, 1.82) is 0 Å². The summed E-state index contributed by atoms with van der Waals surface area (Å²) in [5.74, 6) is 2.73. The largest absolute Gasteiger partial charge is 0.0995 e. The molecule has 6 unspecified atom stereocenters. The lowest BCUT2D eigenvalue weighted by atomic mass is 9.40. The molecule has 138 valence electrons. The average Bonchev–Trinajstić information content (AvgIpc) is 2.59. The van der Waals surface area contributed by atoms with Gasteiger partial charge < -0.3 is 0 Å². The normalized spacial score (nSPS) is 45.4. The molecule has 0 heterocycles. The molecule has 0 aromatic heterocycles. The van der Waals surface area contributed by atoms with E-state index in [4.69, 9.17) is 0 Å². The maximum Gasteiger partial charge on any atom is -0.00285 e. The minimum Gasteiger partial charge on any atom is -0.0995 e. The van der Waals surface area contributed by atoms with Gasteiger partial charge in [0.2, 0.25) is 0 Å². The van der Waals surface area contributed by atoms with Crippen LogP contribution in [0.25, 0.3) is 0 Å². The first kappa shape index (κ1) is 18.7. The minimum atomic E-state index is 0.268. The number of rotatable bonds is 2. The maximum atomic E-state index is 4.68. The molecular formula is C25H38. The van der Waals surface area contributed by atoms with Crippen LogP contribution in [0.5, 0.6) is 0 Å². The van der Waals surface area contributed by atoms with Crippen LogP contribution in [-0.2, 0) is 0 Å². The second-order valence-corrected chi connectivity index (χ2v) is 9.56. The molecule has 0 N–H and O–H groups in total. The smallest absolute Gasteiger partial charge is 0.00285 e. The van der Waals surface area contributed by atoms with Gasteiger partial charge in [0.25, 0.3) is 0 Å². The van der Waals surface area contributed by atoms with Crippen molar-refractivity contribution < 1.29 is 0 Å². The molecule has 0 amide bonds. The summed E-state index contributed by atoms with van der Waals surface area (Å²) in [5, 5.41) is 0. The first-order valence-electron chi connectivity index (χ1n) is 10.4. The van der Waals surface area contributed by atoms with E-state index in [0.717, 1.165) is 0 Å². The second-order valence-electron chi connectivity index (χ2n) is 9.56. The van der Waals surface area contributed by atoms with Crippen molar-refractivity contribution in [3.05, 3.63) is 48.1 Å². The van der Waals surface area contributed by atoms with Crippen LogP contribution in [-0.4, -0.2) is 0 Å². The highest BCUT2D eigenvalue weighted by Gasteiger charge is 2.59. The standard InChI is InChI=1S/C25H38/c1-8-10-20(9-2)21-15-18(4)22-12-14-24(6)13-11-17(3)19(5)25(24,7)23(22)16-21/h8-10,17,21-23H,4-5,11-16H2,1-3,6-7H3/b10-8-,20-9+. The third-order valence-electron chi connectivity index (χ3n) is 8.61. The van der Waals surface area contributed by atoms with E-state index < -0.39 is 0 Å². The van der Waals surface area contributed by atoms with Crippen molar-refractivity contribution in [2.75, 3.05) is 0 Å². The first-order chi connectivity index (χ1) is 11.8. The van der Waals surface area contributed by atoms with Crippen LogP contribution in [0.4, 0.5) is 0 Å². The Morgan fingerprint density at radius 1 is 1.12 bits per heavy atom. The molecule has 3 aliphatic rings. The van der Waals surface area contributed by atoms with Crippen LogP contribution in [0.1, 0.15) is 73.1 Å². The van der Waals surface area contributed by atoms with E-state index in [2.05, 4.69) is 66.0 Å². The Balaban J connectivity index is 2.01. The molecule has 25 heavy (non-hydrogen) atoms. The van der Waals surface area contributed by atoms with Gasteiger partial charge in [-0.2, -0.15) is 0 Å². The predicted octanol–water partition coefficient (Wildman–Crippen LogP) is 7.50. The maximum absolute atomic E-state index is 4.68. The van der Waals surface area contributed by atoms with Crippen molar-refractivity contribution in [2.45, 2.75) is 73.1 Å². The molecule has 0 heteroatoms. The zero-order valence-corrected chi connectivity index (χ0v) is 17.2. The molecule has 0 spiro atoms. The van der Waals surface area contributed by atoms with E-state index in [1.807, 2.05) is 0 Å². The van der Waals surface area contributed by atoms with Gasteiger partial charge in [-0.25, -0.2) is 0 Å². The van der Waals surface area contributed by atoms with Crippen LogP contribution in [0, 0.1) is 34.5 Å². The van der Waals surface area contributed by atoms with Gasteiger partial charge in [-0.05, 0) is 92.4 Å². The van der Waals surface area contributed by atoms with Gasteiger partial charge in [0.1, 0.15) is 0 Å². The van der Waals surface area contributed by atoms with Crippen molar-refractivity contribution in [2.24, 2.45) is 34.5 Å². The Kier molecular flexibility index (Phi) is 4.95. The summed E-state index contributed by atoms with van der Waals surface area (Å²) in [5.41, 5.74) is 5.25. The van der Waals surface area contributed by atoms with E-state index in [9.17, 15) is 0 Å². The average molecular weight is 339 g/mol. The van der Waals surface area contributed by atoms with Crippen LogP contribution < -0.4 is 0 Å². The van der Waals surface area contributed by atoms with Gasteiger partial charge in [0, 0.05) is 0 Å². The molecule has 3 saturated carbocycles. The van der Waals surface area contributed by atoms with E-state index in [-0.39, 0.29) is 5.41 Å². The minimum absolute atomic E-state index is 0.268. The number of hydrogen-bond acceptors (Lipinski definition) is 0. The molecule has 3 rings (SSSR count). The van der Waals surface area contributed by atoms with Gasteiger partial charge in [-0.15, -0.1) is 0 Å². The Bertz CT molecular complexity index is 618. The summed E-state index contributed by atoms with van der Waals surface area (Å²) in [7, 11) is 0. The first-order valence-corrected chi connectivity index (χ1v) is 10.4. The lowest BCUT2D eigenvalue weighted by molar-refractivity contribution is -0.0794. The van der Waals surface area contributed by atoms with Crippen molar-refractivity contribution >= 4 is 0 Å². The zero-order chi connectivity index (χ0) is 18.4. The fraction of sp³-hybridized carbons (Fsp3) is 0.680. The predicted molar refractivity (Wildman–Crippen MR) is 110 cm³/mol. The Morgan fingerprint density at radius 2 is 1.80 bits per heavy atom. The fourth-order valence-electron chi connectivity index (χ4n) is 6.68. The highest BCUT2D eigenvalue weighted by atomic mass is 14.6. The molecule has 0 nitrogen and oxygen atoms in total. The third kappa shape index (κ3) is 2.71. The van der Waals surface area contributed by atoms with Crippen LogP contribution in [0.15, 0.2) is 48.1 Å². The number of allylic oxidation sites excluding steroid dienone is 6. The Hall–Kier alpha value is -1.04. The van der Waals surface area contributed by atoms with Gasteiger partial charge >= 0.3 is 0 Å². The van der Waals surface area contributed by atoms with E-state index >= 15 is 0 Å². The van der Waals surface area contributed by atoms with Gasteiger partial charge in [0.05, 0.1) is 0 Å². The highest BCUT2D eigenvalue weighted by molar-refractivity contribution is 5.31. The van der Waals surface area contributed by atoms with Crippen molar-refractivity contribution in [3.8, 4) is 0 Å². The molecule has 0 aromatic carbocycles.